The number of carbonyl (C=O) groups excluding carboxylic acids is 4. The molecule has 0 aliphatic heterocycles. The second kappa shape index (κ2) is 14.1. The average Bonchev–Trinajstić information content (AvgIpc) is 2.76. The van der Waals surface area contributed by atoms with Crippen molar-refractivity contribution in [3.8, 4) is 5.75 Å². The van der Waals surface area contributed by atoms with Gasteiger partial charge in [0.05, 0.1) is 12.5 Å². The van der Waals surface area contributed by atoms with Gasteiger partial charge in [-0.05, 0) is 43.0 Å². The predicted octanol–water partition coefficient (Wildman–Crippen LogP) is -1.55. The summed E-state index contributed by atoms with van der Waals surface area (Å²) in [5.41, 5.74) is 11.3. The summed E-state index contributed by atoms with van der Waals surface area (Å²) in [5.74, 6) is -3.69. The number of aliphatic carboxylic acids is 1. The highest BCUT2D eigenvalue weighted by Crippen LogP contribution is 2.12. The van der Waals surface area contributed by atoms with Crippen LogP contribution in [0.15, 0.2) is 24.3 Å². The van der Waals surface area contributed by atoms with Crippen molar-refractivity contribution in [2.24, 2.45) is 11.5 Å². The van der Waals surface area contributed by atoms with E-state index in [1.165, 1.54) is 30.8 Å². The van der Waals surface area contributed by atoms with Crippen molar-refractivity contribution in [3.63, 3.8) is 0 Å². The molecule has 0 saturated heterocycles. The Morgan fingerprint density at radius 1 is 0.971 bits per heavy atom. The number of nitrogens with one attached hydrogen (secondary N) is 3. The summed E-state index contributed by atoms with van der Waals surface area (Å²) in [6.07, 6.45) is 1.59. The van der Waals surface area contributed by atoms with Crippen LogP contribution >= 0.6 is 11.8 Å². The molecule has 4 atom stereocenters. The monoisotopic (exact) mass is 497 g/mol. The molecule has 34 heavy (non-hydrogen) atoms. The van der Waals surface area contributed by atoms with E-state index in [1.54, 1.807) is 12.1 Å². The van der Waals surface area contributed by atoms with E-state index in [0.29, 0.717) is 11.3 Å². The number of nitrogens with two attached hydrogens (primary N) is 2. The highest BCUT2D eigenvalue weighted by Gasteiger charge is 2.29. The van der Waals surface area contributed by atoms with E-state index in [-0.39, 0.29) is 18.6 Å². The van der Waals surface area contributed by atoms with Crippen LogP contribution in [0.25, 0.3) is 0 Å². The lowest BCUT2D eigenvalue weighted by atomic mass is 10.0. The SMILES string of the molecule is CSCCC(NC(=O)C(Cc1ccc(O)cc1)NC(=O)C(N)CC(N)=O)C(=O)NC(C)C(=O)O. The van der Waals surface area contributed by atoms with Gasteiger partial charge in [-0.2, -0.15) is 11.8 Å². The zero-order chi connectivity index (χ0) is 25.8. The van der Waals surface area contributed by atoms with Crippen molar-refractivity contribution >= 4 is 41.4 Å². The fourth-order valence-electron chi connectivity index (χ4n) is 2.82. The van der Waals surface area contributed by atoms with Crippen LogP contribution in [0, 0.1) is 0 Å². The van der Waals surface area contributed by atoms with E-state index in [9.17, 15) is 29.1 Å². The molecule has 9 N–H and O–H groups in total. The van der Waals surface area contributed by atoms with Gasteiger partial charge in [-0.25, -0.2) is 0 Å². The molecule has 13 heteroatoms. The van der Waals surface area contributed by atoms with E-state index in [0.717, 1.165) is 0 Å². The minimum absolute atomic E-state index is 0.0104. The first-order valence-electron chi connectivity index (χ1n) is 10.4. The zero-order valence-corrected chi connectivity index (χ0v) is 19.8. The number of hydrogen-bond donors (Lipinski definition) is 7. The van der Waals surface area contributed by atoms with Gasteiger partial charge in [-0.3, -0.25) is 24.0 Å². The highest BCUT2D eigenvalue weighted by molar-refractivity contribution is 7.98. The molecule has 0 saturated carbocycles. The number of carboxylic acid groups (broad SMARTS) is 1. The molecule has 4 amide bonds. The first kappa shape index (κ1) is 28.7. The van der Waals surface area contributed by atoms with Crippen molar-refractivity contribution in [2.45, 2.75) is 50.4 Å². The first-order chi connectivity index (χ1) is 15.9. The maximum Gasteiger partial charge on any atom is 0.325 e. The summed E-state index contributed by atoms with van der Waals surface area (Å²) in [6, 6.07) is 1.24. The molecule has 188 valence electrons. The van der Waals surface area contributed by atoms with Crippen LogP contribution in [-0.4, -0.2) is 76.0 Å². The largest absolute Gasteiger partial charge is 0.508 e. The molecule has 0 aliphatic rings. The predicted molar refractivity (Wildman–Crippen MR) is 126 cm³/mol. The number of hydrogen-bond acceptors (Lipinski definition) is 8. The van der Waals surface area contributed by atoms with Crippen LogP contribution in [0.4, 0.5) is 0 Å². The Balaban J connectivity index is 3.07. The summed E-state index contributed by atoms with van der Waals surface area (Å²) < 4.78 is 0. The van der Waals surface area contributed by atoms with Crippen LogP contribution < -0.4 is 27.4 Å². The number of benzene rings is 1. The number of phenols is 1. The smallest absolute Gasteiger partial charge is 0.325 e. The van der Waals surface area contributed by atoms with Crippen LogP contribution in [0.2, 0.25) is 0 Å². The standard InChI is InChI=1S/C21H31N5O7S/c1-11(21(32)33)24-19(30)15(7-8-34-2)25-20(31)16(9-12-3-5-13(27)6-4-12)26-18(29)14(22)10-17(23)28/h3-6,11,14-16,27H,7-10,22H2,1-2H3,(H2,23,28)(H,24,30)(H,25,31)(H,26,29)(H,32,33). The number of rotatable bonds is 14. The lowest BCUT2D eigenvalue weighted by Crippen LogP contribution is -2.57. The molecule has 0 aliphatic carbocycles. The fourth-order valence-corrected chi connectivity index (χ4v) is 3.29. The van der Waals surface area contributed by atoms with Crippen molar-refractivity contribution < 1.29 is 34.2 Å². The molecule has 4 unspecified atom stereocenters. The highest BCUT2D eigenvalue weighted by atomic mass is 32.2. The van der Waals surface area contributed by atoms with Gasteiger partial charge >= 0.3 is 5.97 Å². The van der Waals surface area contributed by atoms with E-state index in [4.69, 9.17) is 16.6 Å². The third kappa shape index (κ3) is 10.1. The van der Waals surface area contributed by atoms with Crippen LogP contribution in [0.1, 0.15) is 25.3 Å². The number of primary amides is 1. The Kier molecular flexibility index (Phi) is 11.9. The Bertz CT molecular complexity index is 881. The molecule has 0 spiro atoms. The number of amides is 4. The Morgan fingerprint density at radius 2 is 1.53 bits per heavy atom. The molecular weight excluding hydrogens is 466 g/mol. The first-order valence-corrected chi connectivity index (χ1v) is 11.8. The Labute approximate surface area is 201 Å². The molecular formula is C21H31N5O7S. The minimum atomic E-state index is -1.28. The van der Waals surface area contributed by atoms with Crippen LogP contribution in [-0.2, 0) is 30.4 Å². The van der Waals surface area contributed by atoms with Crippen LogP contribution in [0.3, 0.4) is 0 Å². The summed E-state index contributed by atoms with van der Waals surface area (Å²) in [4.78, 5) is 60.3. The molecule has 1 rings (SSSR count). The third-order valence-electron chi connectivity index (χ3n) is 4.74. The van der Waals surface area contributed by atoms with Crippen molar-refractivity contribution in [1.82, 2.24) is 16.0 Å². The zero-order valence-electron chi connectivity index (χ0n) is 18.9. The van der Waals surface area contributed by atoms with E-state index in [1.807, 2.05) is 6.26 Å². The topological polar surface area (TPSA) is 214 Å². The second-order valence-electron chi connectivity index (χ2n) is 7.62. The van der Waals surface area contributed by atoms with Crippen LogP contribution in [0.5, 0.6) is 5.75 Å². The summed E-state index contributed by atoms with van der Waals surface area (Å²) in [7, 11) is 0. The summed E-state index contributed by atoms with van der Waals surface area (Å²) in [6.45, 7) is 1.29. The summed E-state index contributed by atoms with van der Waals surface area (Å²) >= 11 is 1.43. The number of aromatic hydroxyl groups is 1. The van der Waals surface area contributed by atoms with Gasteiger partial charge in [0, 0.05) is 6.42 Å². The molecule has 0 aromatic heterocycles. The molecule has 0 bridgehead atoms. The third-order valence-corrected chi connectivity index (χ3v) is 5.38. The van der Waals surface area contributed by atoms with Gasteiger partial charge in [-0.15, -0.1) is 0 Å². The van der Waals surface area contributed by atoms with Gasteiger partial charge in [0.2, 0.25) is 23.6 Å². The van der Waals surface area contributed by atoms with Gasteiger partial charge in [0.1, 0.15) is 23.9 Å². The fraction of sp³-hybridized carbons (Fsp3) is 0.476. The van der Waals surface area contributed by atoms with Gasteiger partial charge in [0.15, 0.2) is 0 Å². The summed E-state index contributed by atoms with van der Waals surface area (Å²) in [5, 5.41) is 25.9. The van der Waals surface area contributed by atoms with Crippen molar-refractivity contribution in [2.75, 3.05) is 12.0 Å². The molecule has 12 nitrogen and oxygen atoms in total. The molecule has 1 aromatic carbocycles. The molecule has 0 radical (unpaired) electrons. The number of phenolic OH excluding ortho intramolecular Hbond substituents is 1. The van der Waals surface area contributed by atoms with Gasteiger partial charge in [-0.1, -0.05) is 12.1 Å². The second-order valence-corrected chi connectivity index (χ2v) is 8.61. The maximum atomic E-state index is 13.1. The Morgan fingerprint density at radius 3 is 2.06 bits per heavy atom. The lowest BCUT2D eigenvalue weighted by Gasteiger charge is -2.24. The average molecular weight is 498 g/mol. The normalized spacial score (nSPS) is 14.2. The molecule has 1 aromatic rings. The Hall–Kier alpha value is -3.32. The van der Waals surface area contributed by atoms with E-state index >= 15 is 0 Å². The minimum Gasteiger partial charge on any atom is -0.508 e. The lowest BCUT2D eigenvalue weighted by molar-refractivity contribution is -0.141. The number of carboxylic acids is 1. The molecule has 0 heterocycles. The number of carbonyl (C=O) groups is 5. The van der Waals surface area contributed by atoms with Gasteiger partial charge in [0.25, 0.3) is 0 Å². The number of thioether (sulfide) groups is 1. The van der Waals surface area contributed by atoms with E-state index in [2.05, 4.69) is 16.0 Å². The molecule has 0 fully saturated rings. The van der Waals surface area contributed by atoms with Gasteiger partial charge < -0.3 is 37.6 Å². The van der Waals surface area contributed by atoms with Crippen molar-refractivity contribution in [1.29, 1.82) is 0 Å². The van der Waals surface area contributed by atoms with Crippen molar-refractivity contribution in [3.05, 3.63) is 29.8 Å². The quantitative estimate of drug-likeness (QED) is 0.158. The maximum absolute atomic E-state index is 13.1. The van der Waals surface area contributed by atoms with E-state index < -0.39 is 60.2 Å².